The summed E-state index contributed by atoms with van der Waals surface area (Å²) in [6.45, 7) is 1.76. The van der Waals surface area contributed by atoms with E-state index >= 15 is 0 Å². The van der Waals surface area contributed by atoms with Crippen LogP contribution in [0.25, 0.3) is 0 Å². The van der Waals surface area contributed by atoms with E-state index in [2.05, 4.69) is 15.6 Å². The van der Waals surface area contributed by atoms with Gasteiger partial charge in [-0.05, 0) is 31.9 Å². The molecular weight excluding hydrogens is 240 g/mol. The van der Waals surface area contributed by atoms with Gasteiger partial charge in [-0.3, -0.25) is 4.79 Å². The molecule has 1 fully saturated rings. The Kier molecular flexibility index (Phi) is 3.38. The van der Waals surface area contributed by atoms with E-state index in [-0.39, 0.29) is 11.9 Å². The molecule has 0 saturated heterocycles. The molecule has 0 radical (unpaired) electrons. The second-order valence-corrected chi connectivity index (χ2v) is 4.61. The van der Waals surface area contributed by atoms with Crippen LogP contribution >= 0.6 is 11.6 Å². The third kappa shape index (κ3) is 3.23. The van der Waals surface area contributed by atoms with Gasteiger partial charge in [-0.2, -0.15) is 0 Å². The number of carbonyl (C=O) groups is 1. The van der Waals surface area contributed by atoms with E-state index in [1.54, 1.807) is 19.1 Å². The first kappa shape index (κ1) is 12.0. The van der Waals surface area contributed by atoms with Gasteiger partial charge in [-0.1, -0.05) is 11.6 Å². The average molecular weight is 255 g/mol. The van der Waals surface area contributed by atoms with Crippen LogP contribution in [0.1, 0.15) is 19.8 Å². The zero-order chi connectivity index (χ0) is 12.4. The maximum Gasteiger partial charge on any atom is 0.242 e. The molecule has 0 aromatic carbocycles. The number of carbonyl (C=O) groups excluding carboxylic acids is 1. The molecule has 0 bridgehead atoms. The van der Waals surface area contributed by atoms with Gasteiger partial charge in [0.2, 0.25) is 5.91 Å². The molecule has 1 saturated carbocycles. The summed E-state index contributed by atoms with van der Waals surface area (Å²) in [5, 5.41) is 6.20. The first-order valence-corrected chi connectivity index (χ1v) is 5.93. The predicted molar refractivity (Wildman–Crippen MR) is 67.9 cm³/mol. The molecular formula is C11H15ClN4O. The molecule has 1 aliphatic carbocycles. The first-order chi connectivity index (χ1) is 8.06. The van der Waals surface area contributed by atoms with Crippen LogP contribution in [-0.2, 0) is 4.79 Å². The van der Waals surface area contributed by atoms with E-state index in [9.17, 15) is 4.79 Å². The molecule has 1 unspecified atom stereocenters. The van der Waals surface area contributed by atoms with Crippen molar-refractivity contribution in [2.75, 3.05) is 11.1 Å². The lowest BCUT2D eigenvalue weighted by Crippen LogP contribution is -2.39. The average Bonchev–Trinajstić information content (AvgIpc) is 3.07. The number of pyridine rings is 1. The summed E-state index contributed by atoms with van der Waals surface area (Å²) in [6, 6.07) is 3.22. The Hall–Kier alpha value is -1.49. The van der Waals surface area contributed by atoms with Crippen LogP contribution in [0.4, 0.5) is 11.5 Å². The highest BCUT2D eigenvalue weighted by atomic mass is 35.5. The number of rotatable bonds is 4. The lowest BCUT2D eigenvalue weighted by molar-refractivity contribution is -0.121. The highest BCUT2D eigenvalue weighted by Gasteiger charge is 2.25. The fraction of sp³-hybridized carbons (Fsp3) is 0.455. The van der Waals surface area contributed by atoms with Crippen molar-refractivity contribution in [3.05, 3.63) is 17.3 Å². The zero-order valence-corrected chi connectivity index (χ0v) is 10.3. The van der Waals surface area contributed by atoms with Gasteiger partial charge < -0.3 is 16.4 Å². The third-order valence-electron chi connectivity index (χ3n) is 2.56. The highest BCUT2D eigenvalue weighted by molar-refractivity contribution is 6.29. The van der Waals surface area contributed by atoms with Crippen molar-refractivity contribution in [2.45, 2.75) is 31.8 Å². The molecule has 2 rings (SSSR count). The van der Waals surface area contributed by atoms with Crippen molar-refractivity contribution >= 4 is 29.0 Å². The number of halogens is 1. The molecule has 1 aromatic rings. The van der Waals surface area contributed by atoms with Crippen molar-refractivity contribution < 1.29 is 4.79 Å². The van der Waals surface area contributed by atoms with Crippen LogP contribution < -0.4 is 16.4 Å². The van der Waals surface area contributed by atoms with Crippen LogP contribution in [-0.4, -0.2) is 23.0 Å². The summed E-state index contributed by atoms with van der Waals surface area (Å²) in [4.78, 5) is 15.8. The van der Waals surface area contributed by atoms with Gasteiger partial charge in [0.25, 0.3) is 0 Å². The summed E-state index contributed by atoms with van der Waals surface area (Å²) in [5.74, 6) is 0.393. The Morgan fingerprint density at radius 3 is 2.94 bits per heavy atom. The largest absolute Gasteiger partial charge is 0.396 e. The van der Waals surface area contributed by atoms with Crippen molar-refractivity contribution in [1.82, 2.24) is 10.3 Å². The Labute approximate surface area is 105 Å². The lowest BCUT2D eigenvalue weighted by Gasteiger charge is -2.15. The fourth-order valence-corrected chi connectivity index (χ4v) is 1.53. The molecule has 1 amide bonds. The number of nitrogen functional groups attached to an aromatic ring is 1. The number of hydrogen-bond acceptors (Lipinski definition) is 4. The van der Waals surface area contributed by atoms with Gasteiger partial charge in [-0.15, -0.1) is 0 Å². The maximum absolute atomic E-state index is 11.7. The minimum Gasteiger partial charge on any atom is -0.396 e. The summed E-state index contributed by atoms with van der Waals surface area (Å²) in [5.41, 5.74) is 6.21. The summed E-state index contributed by atoms with van der Waals surface area (Å²) in [6.07, 6.45) is 2.13. The Morgan fingerprint density at radius 1 is 1.59 bits per heavy atom. The number of anilines is 2. The van der Waals surface area contributed by atoms with E-state index in [4.69, 9.17) is 17.3 Å². The molecule has 1 aromatic heterocycles. The Bertz CT molecular complexity index is 433. The van der Waals surface area contributed by atoms with Crippen molar-refractivity contribution in [3.8, 4) is 0 Å². The summed E-state index contributed by atoms with van der Waals surface area (Å²) >= 11 is 5.77. The van der Waals surface area contributed by atoms with Crippen molar-refractivity contribution in [1.29, 1.82) is 0 Å². The van der Waals surface area contributed by atoms with Gasteiger partial charge in [0.05, 0.1) is 5.69 Å². The van der Waals surface area contributed by atoms with Crippen LogP contribution in [0.3, 0.4) is 0 Å². The number of aromatic nitrogens is 1. The minimum absolute atomic E-state index is 0.0475. The van der Waals surface area contributed by atoms with E-state index < -0.39 is 0 Å². The number of nitrogens with one attached hydrogen (secondary N) is 2. The van der Waals surface area contributed by atoms with Crippen LogP contribution in [0.15, 0.2) is 12.1 Å². The standard InChI is InChI=1S/C11H15ClN4O/c1-6(11(17)15-7-2-3-7)14-10-8(13)4-5-9(12)16-10/h4-7H,2-3,13H2,1H3,(H,14,16)(H,15,17). The number of nitrogens with zero attached hydrogens (tertiary/aromatic N) is 1. The molecule has 6 heteroatoms. The topological polar surface area (TPSA) is 80.0 Å². The SMILES string of the molecule is CC(Nc1nc(Cl)ccc1N)C(=O)NC1CC1. The molecule has 92 valence electrons. The van der Waals surface area contributed by atoms with E-state index in [1.807, 2.05) is 0 Å². The lowest BCUT2D eigenvalue weighted by atomic mass is 10.3. The molecule has 1 aliphatic rings. The van der Waals surface area contributed by atoms with Gasteiger partial charge in [0.15, 0.2) is 5.82 Å². The third-order valence-corrected chi connectivity index (χ3v) is 2.77. The number of nitrogens with two attached hydrogens (primary N) is 1. The minimum atomic E-state index is -0.385. The monoisotopic (exact) mass is 254 g/mol. The van der Waals surface area contributed by atoms with Crippen molar-refractivity contribution in [3.63, 3.8) is 0 Å². The van der Waals surface area contributed by atoms with Crippen LogP contribution in [0.2, 0.25) is 5.15 Å². The molecule has 17 heavy (non-hydrogen) atoms. The van der Waals surface area contributed by atoms with Crippen LogP contribution in [0.5, 0.6) is 0 Å². The smallest absolute Gasteiger partial charge is 0.242 e. The normalized spacial score (nSPS) is 16.4. The molecule has 0 spiro atoms. The Balaban J connectivity index is 1.98. The molecule has 1 atom stereocenters. The van der Waals surface area contributed by atoms with Gasteiger partial charge >= 0.3 is 0 Å². The first-order valence-electron chi connectivity index (χ1n) is 5.55. The summed E-state index contributed by atoms with van der Waals surface area (Å²) in [7, 11) is 0. The number of amides is 1. The second-order valence-electron chi connectivity index (χ2n) is 4.22. The van der Waals surface area contributed by atoms with E-state index in [0.29, 0.717) is 22.7 Å². The van der Waals surface area contributed by atoms with Gasteiger partial charge in [0, 0.05) is 6.04 Å². The molecule has 4 N–H and O–H groups in total. The Morgan fingerprint density at radius 2 is 2.29 bits per heavy atom. The maximum atomic E-state index is 11.7. The quantitative estimate of drug-likeness (QED) is 0.710. The zero-order valence-electron chi connectivity index (χ0n) is 9.53. The predicted octanol–water partition coefficient (Wildman–Crippen LogP) is 1.40. The highest BCUT2D eigenvalue weighted by Crippen LogP contribution is 2.21. The second kappa shape index (κ2) is 4.79. The fourth-order valence-electron chi connectivity index (χ4n) is 1.39. The van der Waals surface area contributed by atoms with Crippen molar-refractivity contribution in [2.24, 2.45) is 0 Å². The molecule has 1 heterocycles. The van der Waals surface area contributed by atoms with Gasteiger partial charge in [-0.25, -0.2) is 4.98 Å². The molecule has 5 nitrogen and oxygen atoms in total. The number of hydrogen-bond donors (Lipinski definition) is 3. The summed E-state index contributed by atoms with van der Waals surface area (Å²) < 4.78 is 0. The van der Waals surface area contributed by atoms with Crippen LogP contribution in [0, 0.1) is 0 Å². The molecule has 0 aliphatic heterocycles. The van der Waals surface area contributed by atoms with E-state index in [1.165, 1.54) is 0 Å². The van der Waals surface area contributed by atoms with E-state index in [0.717, 1.165) is 12.8 Å². The van der Waals surface area contributed by atoms with Gasteiger partial charge in [0.1, 0.15) is 11.2 Å².